The molecule has 25 heavy (non-hydrogen) atoms. The van der Waals surface area contributed by atoms with E-state index in [0.29, 0.717) is 12.4 Å². The molecule has 2 heterocycles. The Bertz CT molecular complexity index is 944. The second-order valence-corrected chi connectivity index (χ2v) is 5.79. The average Bonchev–Trinajstić information content (AvgIpc) is 2.94. The number of aromatic nitrogens is 4. The molecule has 0 saturated heterocycles. The topological polar surface area (TPSA) is 81.8 Å². The second kappa shape index (κ2) is 7.12. The normalized spacial score (nSPS) is 10.6. The highest BCUT2D eigenvalue weighted by Crippen LogP contribution is 2.07. The van der Waals surface area contributed by atoms with Gasteiger partial charge >= 0.3 is 0 Å². The zero-order chi connectivity index (χ0) is 17.8. The average molecular weight is 337 g/mol. The van der Waals surface area contributed by atoms with E-state index in [1.165, 1.54) is 6.07 Å². The van der Waals surface area contributed by atoms with E-state index in [2.05, 4.69) is 15.5 Å². The predicted octanol–water partition coefficient (Wildman–Crippen LogP) is 1.36. The molecule has 3 rings (SSSR count). The Balaban J connectivity index is 1.73. The van der Waals surface area contributed by atoms with Gasteiger partial charge < -0.3 is 5.32 Å². The lowest BCUT2D eigenvalue weighted by molar-refractivity contribution is -0.122. The summed E-state index contributed by atoms with van der Waals surface area (Å²) < 4.78 is 2.79. The minimum absolute atomic E-state index is 0.140. The van der Waals surface area contributed by atoms with Gasteiger partial charge in [-0.25, -0.2) is 9.36 Å². The molecule has 0 aliphatic heterocycles. The summed E-state index contributed by atoms with van der Waals surface area (Å²) in [6.45, 7) is 4.06. The lowest BCUT2D eigenvalue weighted by Crippen LogP contribution is -2.33. The van der Waals surface area contributed by atoms with E-state index < -0.39 is 0 Å². The van der Waals surface area contributed by atoms with Gasteiger partial charge in [-0.15, -0.1) is 5.10 Å². The van der Waals surface area contributed by atoms with Crippen LogP contribution >= 0.6 is 0 Å². The molecule has 1 N–H and O–H groups in total. The largest absolute Gasteiger partial charge is 0.350 e. The summed E-state index contributed by atoms with van der Waals surface area (Å²) >= 11 is 0. The van der Waals surface area contributed by atoms with Crippen LogP contribution in [0, 0.1) is 13.8 Å². The molecule has 7 nitrogen and oxygen atoms in total. The Morgan fingerprint density at radius 3 is 2.52 bits per heavy atom. The number of nitrogens with one attached hydrogen (secondary N) is 1. The molecule has 0 aliphatic carbocycles. The molecular formula is C18H19N5O2. The molecular weight excluding hydrogens is 318 g/mol. The number of hydrogen-bond acceptors (Lipinski definition) is 4. The Morgan fingerprint density at radius 2 is 1.84 bits per heavy atom. The Morgan fingerprint density at radius 1 is 1.08 bits per heavy atom. The van der Waals surface area contributed by atoms with Crippen molar-refractivity contribution in [1.82, 2.24) is 24.9 Å². The van der Waals surface area contributed by atoms with Gasteiger partial charge in [-0.3, -0.25) is 9.59 Å². The van der Waals surface area contributed by atoms with E-state index in [1.54, 1.807) is 10.7 Å². The van der Waals surface area contributed by atoms with E-state index in [9.17, 15) is 9.59 Å². The van der Waals surface area contributed by atoms with Crippen molar-refractivity contribution >= 4 is 5.91 Å². The fraction of sp³-hybridized carbons (Fsp3) is 0.222. The highest BCUT2D eigenvalue weighted by Gasteiger charge is 2.10. The van der Waals surface area contributed by atoms with Crippen molar-refractivity contribution in [2.24, 2.45) is 0 Å². The number of nitrogens with zero attached hydrogens (tertiary/aromatic N) is 4. The van der Waals surface area contributed by atoms with Crippen LogP contribution in [0.15, 0.2) is 53.3 Å². The first kappa shape index (κ1) is 16.6. The molecule has 128 valence electrons. The van der Waals surface area contributed by atoms with E-state index in [0.717, 1.165) is 21.6 Å². The Labute approximate surface area is 144 Å². The highest BCUT2D eigenvalue weighted by atomic mass is 16.2. The number of hydrogen-bond donors (Lipinski definition) is 1. The van der Waals surface area contributed by atoms with Gasteiger partial charge in [0.1, 0.15) is 6.54 Å². The molecule has 0 aliphatic rings. The third-order valence-corrected chi connectivity index (χ3v) is 3.71. The molecule has 1 amide bonds. The van der Waals surface area contributed by atoms with Gasteiger partial charge in [-0.2, -0.15) is 5.10 Å². The van der Waals surface area contributed by atoms with Crippen LogP contribution in [0.4, 0.5) is 0 Å². The van der Waals surface area contributed by atoms with Gasteiger partial charge in [-0.05, 0) is 31.5 Å². The van der Waals surface area contributed by atoms with Gasteiger partial charge in [0.2, 0.25) is 5.91 Å². The SMILES string of the molecule is Cc1cc(C)n(-c2ccc(=O)n(CC(=O)NCc3ccccc3)n2)n1. The number of benzene rings is 1. The summed E-state index contributed by atoms with van der Waals surface area (Å²) in [6, 6.07) is 14.5. The van der Waals surface area contributed by atoms with Crippen LogP contribution in [-0.2, 0) is 17.9 Å². The zero-order valence-corrected chi connectivity index (χ0v) is 14.1. The maximum Gasteiger partial charge on any atom is 0.267 e. The van der Waals surface area contributed by atoms with Crippen molar-refractivity contribution in [2.45, 2.75) is 26.9 Å². The standard InChI is InChI=1S/C18H19N5O2/c1-13-10-14(2)23(20-13)16-8-9-18(25)22(21-16)12-17(24)19-11-15-6-4-3-5-7-15/h3-10H,11-12H2,1-2H3,(H,19,24). The first-order valence-electron chi connectivity index (χ1n) is 7.95. The summed E-state index contributed by atoms with van der Waals surface area (Å²) in [6.07, 6.45) is 0. The minimum Gasteiger partial charge on any atom is -0.350 e. The van der Waals surface area contributed by atoms with E-state index in [-0.39, 0.29) is 18.0 Å². The fourth-order valence-electron chi connectivity index (χ4n) is 2.51. The molecule has 1 aromatic carbocycles. The monoisotopic (exact) mass is 337 g/mol. The van der Waals surface area contributed by atoms with Gasteiger partial charge in [0.15, 0.2) is 5.82 Å². The van der Waals surface area contributed by atoms with Crippen molar-refractivity contribution in [3.63, 3.8) is 0 Å². The number of carbonyl (C=O) groups excluding carboxylic acids is 1. The number of amides is 1. The van der Waals surface area contributed by atoms with E-state index in [1.807, 2.05) is 50.2 Å². The smallest absolute Gasteiger partial charge is 0.267 e. The summed E-state index contributed by atoms with van der Waals surface area (Å²) in [4.78, 5) is 24.1. The fourth-order valence-corrected chi connectivity index (χ4v) is 2.51. The molecule has 0 spiro atoms. The quantitative estimate of drug-likeness (QED) is 0.762. The molecule has 0 fully saturated rings. The molecule has 0 saturated carbocycles. The maximum absolute atomic E-state index is 12.1. The molecule has 0 atom stereocenters. The lowest BCUT2D eigenvalue weighted by Gasteiger charge is -2.09. The highest BCUT2D eigenvalue weighted by molar-refractivity contribution is 5.75. The first-order valence-corrected chi connectivity index (χ1v) is 7.95. The van der Waals surface area contributed by atoms with Gasteiger partial charge in [0.25, 0.3) is 5.56 Å². The number of rotatable bonds is 5. The minimum atomic E-state index is -0.333. The third-order valence-electron chi connectivity index (χ3n) is 3.71. The molecule has 3 aromatic rings. The van der Waals surface area contributed by atoms with Gasteiger partial charge in [0, 0.05) is 18.3 Å². The first-order chi connectivity index (χ1) is 12.0. The second-order valence-electron chi connectivity index (χ2n) is 5.79. The van der Waals surface area contributed by atoms with E-state index >= 15 is 0 Å². The van der Waals surface area contributed by atoms with Crippen molar-refractivity contribution in [3.05, 3.63) is 75.8 Å². The maximum atomic E-state index is 12.1. The van der Waals surface area contributed by atoms with Crippen LogP contribution in [0.25, 0.3) is 5.82 Å². The van der Waals surface area contributed by atoms with Crippen LogP contribution in [0.2, 0.25) is 0 Å². The van der Waals surface area contributed by atoms with Crippen LogP contribution in [0.3, 0.4) is 0 Å². The molecule has 7 heteroatoms. The van der Waals surface area contributed by atoms with E-state index in [4.69, 9.17) is 0 Å². The Kier molecular flexibility index (Phi) is 4.74. The third kappa shape index (κ3) is 4.00. The van der Waals surface area contributed by atoms with Crippen LogP contribution in [0.5, 0.6) is 0 Å². The molecule has 0 radical (unpaired) electrons. The predicted molar refractivity (Wildman–Crippen MR) is 93.4 cm³/mol. The zero-order valence-electron chi connectivity index (χ0n) is 14.1. The van der Waals surface area contributed by atoms with Crippen molar-refractivity contribution in [3.8, 4) is 5.82 Å². The molecule has 0 unspecified atom stereocenters. The summed E-state index contributed by atoms with van der Waals surface area (Å²) in [5.41, 5.74) is 2.43. The number of carbonyl (C=O) groups is 1. The van der Waals surface area contributed by atoms with Crippen LogP contribution < -0.4 is 10.9 Å². The van der Waals surface area contributed by atoms with Gasteiger partial charge in [-0.1, -0.05) is 30.3 Å². The Hall–Kier alpha value is -3.22. The van der Waals surface area contributed by atoms with Crippen LogP contribution in [0.1, 0.15) is 17.0 Å². The number of aryl methyl sites for hydroxylation is 2. The molecule has 2 aromatic heterocycles. The summed E-state index contributed by atoms with van der Waals surface area (Å²) in [7, 11) is 0. The van der Waals surface area contributed by atoms with Crippen molar-refractivity contribution in [2.75, 3.05) is 0 Å². The summed E-state index contributed by atoms with van der Waals surface area (Å²) in [5.74, 6) is 0.227. The molecule has 0 bridgehead atoms. The lowest BCUT2D eigenvalue weighted by atomic mass is 10.2. The summed E-state index contributed by atoms with van der Waals surface area (Å²) in [5, 5.41) is 11.4. The van der Waals surface area contributed by atoms with Gasteiger partial charge in [0.05, 0.1) is 5.69 Å². The van der Waals surface area contributed by atoms with Crippen LogP contribution in [-0.4, -0.2) is 25.5 Å². The van der Waals surface area contributed by atoms with Crippen molar-refractivity contribution < 1.29 is 4.79 Å². The van der Waals surface area contributed by atoms with Crippen molar-refractivity contribution in [1.29, 1.82) is 0 Å².